The number of nitrogens with one attached hydrogen (secondary N) is 1. The summed E-state index contributed by atoms with van der Waals surface area (Å²) >= 11 is 0. The van der Waals surface area contributed by atoms with Crippen LogP contribution in [0, 0.1) is 0 Å². The van der Waals surface area contributed by atoms with Crippen molar-refractivity contribution < 1.29 is 14.2 Å². The predicted octanol–water partition coefficient (Wildman–Crippen LogP) is 0.842. The van der Waals surface area contributed by atoms with Gasteiger partial charge in [0.1, 0.15) is 18.1 Å². The highest BCUT2D eigenvalue weighted by molar-refractivity contribution is 5.51. The fraction of sp³-hybridized carbons (Fsp3) is 0.385. The van der Waals surface area contributed by atoms with E-state index in [4.69, 9.17) is 14.2 Å². The summed E-state index contributed by atoms with van der Waals surface area (Å²) in [5, 5.41) is 11.0. The molecular weight excluding hydrogens is 260 g/mol. The van der Waals surface area contributed by atoms with E-state index in [0.29, 0.717) is 18.9 Å². The number of aryl methyl sites for hydroxylation is 1. The van der Waals surface area contributed by atoms with Crippen molar-refractivity contribution in [2.75, 3.05) is 13.8 Å². The molecule has 0 aliphatic carbocycles. The van der Waals surface area contributed by atoms with Gasteiger partial charge in [0, 0.05) is 25.2 Å². The van der Waals surface area contributed by atoms with Gasteiger partial charge in [-0.15, -0.1) is 5.10 Å². The van der Waals surface area contributed by atoms with Gasteiger partial charge in [0.25, 0.3) is 0 Å². The normalized spacial score (nSPS) is 12.7. The van der Waals surface area contributed by atoms with Crippen molar-refractivity contribution in [3.8, 4) is 17.2 Å². The number of benzene rings is 1. The summed E-state index contributed by atoms with van der Waals surface area (Å²) in [6.07, 6.45) is 1.82. The van der Waals surface area contributed by atoms with Crippen molar-refractivity contribution in [3.05, 3.63) is 29.6 Å². The zero-order chi connectivity index (χ0) is 13.9. The van der Waals surface area contributed by atoms with E-state index in [9.17, 15) is 0 Å². The van der Waals surface area contributed by atoms with Crippen LogP contribution in [0.1, 0.15) is 11.3 Å². The molecule has 1 aromatic carbocycles. The van der Waals surface area contributed by atoms with Gasteiger partial charge in [0.15, 0.2) is 11.5 Å². The minimum Gasteiger partial charge on any atom is -0.487 e. The third-order valence-electron chi connectivity index (χ3n) is 2.95. The van der Waals surface area contributed by atoms with Crippen molar-refractivity contribution in [1.29, 1.82) is 0 Å². The number of aromatic nitrogens is 3. The predicted molar refractivity (Wildman–Crippen MR) is 70.7 cm³/mol. The van der Waals surface area contributed by atoms with Crippen LogP contribution in [0.25, 0.3) is 0 Å². The van der Waals surface area contributed by atoms with E-state index in [-0.39, 0.29) is 6.79 Å². The minimum atomic E-state index is 0.252. The molecule has 2 aromatic rings. The zero-order valence-corrected chi connectivity index (χ0v) is 11.4. The van der Waals surface area contributed by atoms with Gasteiger partial charge in [0.05, 0.1) is 6.20 Å². The Kier molecular flexibility index (Phi) is 3.42. The van der Waals surface area contributed by atoms with Crippen molar-refractivity contribution in [2.24, 2.45) is 7.05 Å². The fourth-order valence-corrected chi connectivity index (χ4v) is 2.04. The fourth-order valence-electron chi connectivity index (χ4n) is 2.04. The summed E-state index contributed by atoms with van der Waals surface area (Å²) in [7, 11) is 3.71. The maximum absolute atomic E-state index is 5.82. The molecule has 1 aromatic heterocycles. The molecular formula is C13H16N4O3. The van der Waals surface area contributed by atoms with Crippen LogP contribution >= 0.6 is 0 Å². The first-order valence-corrected chi connectivity index (χ1v) is 6.31. The smallest absolute Gasteiger partial charge is 0.231 e. The maximum Gasteiger partial charge on any atom is 0.231 e. The van der Waals surface area contributed by atoms with Crippen molar-refractivity contribution in [2.45, 2.75) is 13.2 Å². The molecule has 2 heterocycles. The molecule has 7 nitrogen and oxygen atoms in total. The molecule has 3 rings (SSSR count). The van der Waals surface area contributed by atoms with Gasteiger partial charge in [0.2, 0.25) is 6.79 Å². The van der Waals surface area contributed by atoms with Gasteiger partial charge in [-0.1, -0.05) is 5.21 Å². The molecule has 0 atom stereocenters. The van der Waals surface area contributed by atoms with E-state index in [1.165, 1.54) is 0 Å². The summed E-state index contributed by atoms with van der Waals surface area (Å²) in [5.74, 6) is 2.22. The van der Waals surface area contributed by atoms with Crippen LogP contribution in [0.2, 0.25) is 0 Å². The quantitative estimate of drug-likeness (QED) is 0.872. The largest absolute Gasteiger partial charge is 0.487 e. The van der Waals surface area contributed by atoms with Crippen LogP contribution in [0.15, 0.2) is 18.3 Å². The Morgan fingerprint density at radius 1 is 1.35 bits per heavy atom. The lowest BCUT2D eigenvalue weighted by molar-refractivity contribution is 0.173. The van der Waals surface area contributed by atoms with Crippen molar-refractivity contribution >= 4 is 0 Å². The van der Waals surface area contributed by atoms with Crippen LogP contribution in [0.5, 0.6) is 17.2 Å². The average molecular weight is 276 g/mol. The molecule has 0 unspecified atom stereocenters. The van der Waals surface area contributed by atoms with E-state index >= 15 is 0 Å². The van der Waals surface area contributed by atoms with Gasteiger partial charge < -0.3 is 19.5 Å². The number of ether oxygens (including phenoxy) is 3. The SMILES string of the molecule is CNCc1cc2c(cc1OCc1cn(C)nn1)OCO2. The van der Waals surface area contributed by atoms with Gasteiger partial charge in [-0.2, -0.15) is 0 Å². The van der Waals surface area contributed by atoms with Gasteiger partial charge in [-0.05, 0) is 13.1 Å². The Morgan fingerprint density at radius 3 is 2.85 bits per heavy atom. The highest BCUT2D eigenvalue weighted by atomic mass is 16.7. The zero-order valence-electron chi connectivity index (χ0n) is 11.4. The molecule has 0 bridgehead atoms. The third-order valence-corrected chi connectivity index (χ3v) is 2.95. The van der Waals surface area contributed by atoms with Crippen molar-refractivity contribution in [3.63, 3.8) is 0 Å². The van der Waals surface area contributed by atoms with E-state index in [1.807, 2.05) is 32.4 Å². The highest BCUT2D eigenvalue weighted by Gasteiger charge is 2.18. The molecule has 1 N–H and O–H groups in total. The topological polar surface area (TPSA) is 70.4 Å². The number of hydrogen-bond acceptors (Lipinski definition) is 6. The summed E-state index contributed by atoms with van der Waals surface area (Å²) < 4.78 is 18.2. The van der Waals surface area contributed by atoms with Crippen molar-refractivity contribution in [1.82, 2.24) is 20.3 Å². The minimum absolute atomic E-state index is 0.252. The summed E-state index contributed by atoms with van der Waals surface area (Å²) in [4.78, 5) is 0. The standard InChI is InChI=1S/C13H16N4O3/c1-14-5-9-3-12-13(20-8-19-12)4-11(9)18-7-10-6-17(2)16-15-10/h3-4,6,14H,5,7-8H2,1-2H3. The molecule has 20 heavy (non-hydrogen) atoms. The van der Waals surface area contributed by atoms with Gasteiger partial charge in [-0.3, -0.25) is 4.68 Å². The molecule has 0 amide bonds. The molecule has 7 heteroatoms. The second-order valence-corrected chi connectivity index (χ2v) is 4.52. The Hall–Kier alpha value is -2.28. The van der Waals surface area contributed by atoms with Crippen LogP contribution in [0.4, 0.5) is 0 Å². The number of nitrogens with zero attached hydrogens (tertiary/aromatic N) is 3. The first-order valence-electron chi connectivity index (χ1n) is 6.31. The van der Waals surface area contributed by atoms with E-state index in [1.54, 1.807) is 4.68 Å². The average Bonchev–Trinajstić information content (AvgIpc) is 3.04. The van der Waals surface area contributed by atoms with Gasteiger partial charge >= 0.3 is 0 Å². The van der Waals surface area contributed by atoms with Crippen LogP contribution in [-0.4, -0.2) is 28.8 Å². The molecule has 1 aliphatic heterocycles. The molecule has 0 spiro atoms. The highest BCUT2D eigenvalue weighted by Crippen LogP contribution is 2.38. The first kappa shape index (κ1) is 12.7. The summed E-state index contributed by atoms with van der Waals surface area (Å²) in [6.45, 7) is 1.30. The molecule has 106 valence electrons. The van der Waals surface area contributed by atoms with Gasteiger partial charge in [-0.25, -0.2) is 0 Å². The Bertz CT molecular complexity index is 612. The number of fused-ring (bicyclic) bond motifs is 1. The lowest BCUT2D eigenvalue weighted by atomic mass is 10.1. The van der Waals surface area contributed by atoms with E-state index in [2.05, 4.69) is 15.6 Å². The second-order valence-electron chi connectivity index (χ2n) is 4.52. The lowest BCUT2D eigenvalue weighted by Crippen LogP contribution is -2.08. The molecule has 0 saturated carbocycles. The number of rotatable bonds is 5. The molecule has 0 fully saturated rings. The second kappa shape index (κ2) is 5.38. The molecule has 0 radical (unpaired) electrons. The van der Waals surface area contributed by atoms with Crippen LogP contribution in [0.3, 0.4) is 0 Å². The van der Waals surface area contributed by atoms with E-state index in [0.717, 1.165) is 22.8 Å². The van der Waals surface area contributed by atoms with E-state index < -0.39 is 0 Å². The first-order chi connectivity index (χ1) is 9.76. The lowest BCUT2D eigenvalue weighted by Gasteiger charge is -2.11. The Labute approximate surface area is 116 Å². The monoisotopic (exact) mass is 276 g/mol. The molecule has 0 saturated heterocycles. The van der Waals surface area contributed by atoms with Crippen LogP contribution in [-0.2, 0) is 20.2 Å². The third kappa shape index (κ3) is 2.53. The summed E-state index contributed by atoms with van der Waals surface area (Å²) in [6, 6.07) is 3.79. The maximum atomic E-state index is 5.82. The Balaban J connectivity index is 1.80. The summed E-state index contributed by atoms with van der Waals surface area (Å²) in [5.41, 5.74) is 1.79. The molecule has 1 aliphatic rings. The Morgan fingerprint density at radius 2 is 2.15 bits per heavy atom. The number of hydrogen-bond donors (Lipinski definition) is 1. The van der Waals surface area contributed by atoms with Crippen LogP contribution < -0.4 is 19.5 Å².